The van der Waals surface area contributed by atoms with Crippen molar-refractivity contribution in [2.75, 3.05) is 50.6 Å². The predicted molar refractivity (Wildman–Crippen MR) is 90.5 cm³/mol. The molecule has 0 radical (unpaired) electrons. The third-order valence-electron chi connectivity index (χ3n) is 4.28. The molecule has 0 saturated carbocycles. The van der Waals surface area contributed by atoms with Gasteiger partial charge in [-0.1, -0.05) is 0 Å². The van der Waals surface area contributed by atoms with E-state index in [0.717, 1.165) is 51.4 Å². The zero-order valence-electron chi connectivity index (χ0n) is 13.3. The summed E-state index contributed by atoms with van der Waals surface area (Å²) in [6, 6.07) is 8.11. The summed E-state index contributed by atoms with van der Waals surface area (Å²) >= 11 is 0. The van der Waals surface area contributed by atoms with E-state index in [1.165, 1.54) is 5.69 Å². The van der Waals surface area contributed by atoms with Gasteiger partial charge < -0.3 is 25.2 Å². The number of hydrogen-bond acceptors (Lipinski definition) is 5. The maximum Gasteiger partial charge on any atom is 0.0890 e. The Balaban J connectivity index is 1.35. The normalized spacial score (nSPS) is 21.1. The maximum atomic E-state index is 6.03. The highest BCUT2D eigenvalue weighted by Crippen LogP contribution is 2.22. The van der Waals surface area contributed by atoms with Crippen LogP contribution in [-0.4, -0.2) is 55.9 Å². The van der Waals surface area contributed by atoms with Gasteiger partial charge in [0.15, 0.2) is 0 Å². The third kappa shape index (κ3) is 3.85. The molecule has 2 heterocycles. The molecule has 22 heavy (non-hydrogen) atoms. The molecule has 2 N–H and O–H groups in total. The van der Waals surface area contributed by atoms with Crippen LogP contribution >= 0.6 is 0 Å². The van der Waals surface area contributed by atoms with Crippen LogP contribution in [0.5, 0.6) is 0 Å². The molecule has 0 aliphatic carbocycles. The Hall–Kier alpha value is -1.88. The van der Waals surface area contributed by atoms with Gasteiger partial charge in [0.25, 0.3) is 0 Å². The fraction of sp³-hybridized carbons (Fsp3) is 0.529. The van der Waals surface area contributed by atoms with Crippen molar-refractivity contribution >= 4 is 11.4 Å². The van der Waals surface area contributed by atoms with Crippen LogP contribution in [-0.2, 0) is 4.74 Å². The minimum atomic E-state index is 0.356. The summed E-state index contributed by atoms with van der Waals surface area (Å²) in [7, 11) is 2.09. The lowest BCUT2D eigenvalue weighted by Gasteiger charge is -2.20. The molecule has 1 aromatic carbocycles. The van der Waals surface area contributed by atoms with E-state index in [1.807, 2.05) is 12.1 Å². The van der Waals surface area contributed by atoms with Gasteiger partial charge in [-0.15, -0.1) is 0 Å². The molecule has 2 aliphatic rings. The van der Waals surface area contributed by atoms with Gasteiger partial charge >= 0.3 is 0 Å². The largest absolute Gasteiger partial charge is 0.399 e. The van der Waals surface area contributed by atoms with E-state index in [9.17, 15) is 0 Å². The first-order valence-electron chi connectivity index (χ1n) is 8.05. The van der Waals surface area contributed by atoms with E-state index >= 15 is 0 Å². The lowest BCUT2D eigenvalue weighted by molar-refractivity contribution is 0.0625. The molecule has 1 unspecified atom stereocenters. The summed E-state index contributed by atoms with van der Waals surface area (Å²) in [6.45, 7) is 4.95. The summed E-state index contributed by atoms with van der Waals surface area (Å²) < 4.78 is 6.03. The van der Waals surface area contributed by atoms with Crippen molar-refractivity contribution in [1.82, 2.24) is 9.80 Å². The molecular weight excluding hydrogens is 276 g/mol. The van der Waals surface area contributed by atoms with Crippen molar-refractivity contribution in [3.63, 3.8) is 0 Å². The third-order valence-corrected chi connectivity index (χ3v) is 4.28. The van der Waals surface area contributed by atoms with E-state index in [2.05, 4.69) is 46.3 Å². The van der Waals surface area contributed by atoms with Crippen LogP contribution < -0.4 is 10.6 Å². The summed E-state index contributed by atoms with van der Waals surface area (Å²) in [5, 5.41) is 0. The molecule has 1 aromatic rings. The van der Waals surface area contributed by atoms with Crippen LogP contribution in [0.3, 0.4) is 0 Å². The number of nitrogens with zero attached hydrogens (tertiary/aromatic N) is 3. The lowest BCUT2D eigenvalue weighted by Crippen LogP contribution is -2.25. The topological polar surface area (TPSA) is 45.0 Å². The monoisotopic (exact) mass is 302 g/mol. The predicted octanol–water partition coefficient (Wildman–Crippen LogP) is 1.93. The molecular formula is C17H26N4O. The average Bonchev–Trinajstić information content (AvgIpc) is 3.14. The van der Waals surface area contributed by atoms with Crippen LogP contribution in [0.4, 0.5) is 11.4 Å². The fourth-order valence-corrected chi connectivity index (χ4v) is 3.04. The smallest absolute Gasteiger partial charge is 0.0890 e. The number of anilines is 2. The first-order chi connectivity index (χ1) is 10.7. The summed E-state index contributed by atoms with van der Waals surface area (Å²) in [4.78, 5) is 6.88. The van der Waals surface area contributed by atoms with Crippen LogP contribution in [0.25, 0.3) is 0 Å². The van der Waals surface area contributed by atoms with Gasteiger partial charge in [-0.2, -0.15) is 0 Å². The van der Waals surface area contributed by atoms with Crippen molar-refractivity contribution in [1.29, 1.82) is 0 Å². The van der Waals surface area contributed by atoms with Gasteiger partial charge in [0.05, 0.1) is 12.8 Å². The standard InChI is InChI=1S/C17H26N4O/c1-19-10-11-20(14-19)8-2-12-22-17-7-9-21(13-17)16-5-3-15(18)4-6-16/h3-6,10-11,17H,2,7-9,12-14,18H2,1H3. The van der Waals surface area contributed by atoms with Crippen molar-refractivity contribution < 1.29 is 4.74 Å². The molecule has 1 atom stereocenters. The van der Waals surface area contributed by atoms with Crippen LogP contribution in [0.2, 0.25) is 0 Å². The molecule has 3 rings (SSSR count). The molecule has 120 valence electrons. The number of hydrogen-bond donors (Lipinski definition) is 1. The molecule has 0 spiro atoms. The SMILES string of the molecule is CN1C=CN(CCCOC2CCN(c3ccc(N)cc3)C2)C1. The van der Waals surface area contributed by atoms with E-state index in [0.29, 0.717) is 6.10 Å². The molecule has 0 aromatic heterocycles. The molecule has 2 aliphatic heterocycles. The molecule has 0 bridgehead atoms. The Bertz CT molecular complexity index is 502. The van der Waals surface area contributed by atoms with Crippen molar-refractivity contribution in [3.05, 3.63) is 36.7 Å². The fourth-order valence-electron chi connectivity index (χ4n) is 3.04. The number of nitrogen functional groups attached to an aromatic ring is 1. The number of ether oxygens (including phenoxy) is 1. The van der Waals surface area contributed by atoms with Gasteiger partial charge in [0, 0.05) is 57.1 Å². The van der Waals surface area contributed by atoms with Gasteiger partial charge in [0.1, 0.15) is 0 Å². The Kier molecular flexibility index (Phi) is 4.73. The van der Waals surface area contributed by atoms with Gasteiger partial charge in [-0.25, -0.2) is 0 Å². The van der Waals surface area contributed by atoms with Crippen LogP contribution in [0, 0.1) is 0 Å². The minimum Gasteiger partial charge on any atom is -0.399 e. The van der Waals surface area contributed by atoms with E-state index in [4.69, 9.17) is 10.5 Å². The Morgan fingerprint density at radius 1 is 1.23 bits per heavy atom. The highest BCUT2D eigenvalue weighted by atomic mass is 16.5. The van der Waals surface area contributed by atoms with Crippen molar-refractivity contribution in [3.8, 4) is 0 Å². The van der Waals surface area contributed by atoms with Crippen molar-refractivity contribution in [2.45, 2.75) is 18.9 Å². The second-order valence-corrected chi connectivity index (χ2v) is 6.18. The Labute approximate surface area is 132 Å². The summed E-state index contributed by atoms with van der Waals surface area (Å²) in [5.74, 6) is 0. The first kappa shape index (κ1) is 15.0. The molecule has 1 fully saturated rings. The average molecular weight is 302 g/mol. The van der Waals surface area contributed by atoms with Crippen molar-refractivity contribution in [2.24, 2.45) is 0 Å². The summed E-state index contributed by atoms with van der Waals surface area (Å²) in [5.41, 5.74) is 7.80. The molecule has 5 nitrogen and oxygen atoms in total. The Morgan fingerprint density at radius 2 is 2.05 bits per heavy atom. The molecule has 5 heteroatoms. The van der Waals surface area contributed by atoms with Crippen LogP contribution in [0.1, 0.15) is 12.8 Å². The second kappa shape index (κ2) is 6.92. The molecule has 1 saturated heterocycles. The quantitative estimate of drug-likeness (QED) is 0.642. The highest BCUT2D eigenvalue weighted by Gasteiger charge is 2.23. The zero-order chi connectivity index (χ0) is 15.4. The Morgan fingerprint density at radius 3 is 2.77 bits per heavy atom. The van der Waals surface area contributed by atoms with Gasteiger partial charge in [0.2, 0.25) is 0 Å². The minimum absolute atomic E-state index is 0.356. The maximum absolute atomic E-state index is 6.03. The van der Waals surface area contributed by atoms with Crippen LogP contribution in [0.15, 0.2) is 36.7 Å². The first-order valence-corrected chi connectivity index (χ1v) is 8.05. The highest BCUT2D eigenvalue weighted by molar-refractivity contribution is 5.53. The van der Waals surface area contributed by atoms with Gasteiger partial charge in [-0.3, -0.25) is 0 Å². The lowest BCUT2D eigenvalue weighted by atomic mass is 10.2. The zero-order valence-corrected chi connectivity index (χ0v) is 13.3. The van der Waals surface area contributed by atoms with E-state index in [1.54, 1.807) is 0 Å². The van der Waals surface area contributed by atoms with E-state index < -0.39 is 0 Å². The van der Waals surface area contributed by atoms with Gasteiger partial charge in [-0.05, 0) is 37.1 Å². The second-order valence-electron chi connectivity index (χ2n) is 6.18. The number of rotatable bonds is 6. The summed E-state index contributed by atoms with van der Waals surface area (Å²) in [6.07, 6.45) is 6.81. The number of nitrogens with two attached hydrogens (primary N) is 1. The van der Waals surface area contributed by atoms with E-state index in [-0.39, 0.29) is 0 Å². The molecule has 0 amide bonds. The number of benzene rings is 1.